The van der Waals surface area contributed by atoms with Crippen LogP contribution in [-0.4, -0.2) is 22.3 Å². The quantitative estimate of drug-likeness (QED) is 0.197. The summed E-state index contributed by atoms with van der Waals surface area (Å²) in [6, 6.07) is 14.5. The van der Waals surface area contributed by atoms with Crippen molar-refractivity contribution >= 4 is 63.3 Å². The third kappa shape index (κ3) is 4.20. The molecule has 2 aromatic carbocycles. The SMILES string of the molecule is COc1cc([N+](=O)[O-])ccc1-c1ccc(/C=C2\SC(=S)N(c3ccc(Cl)cc3)C2=O)o1. The largest absolute Gasteiger partial charge is 0.496 e. The van der Waals surface area contributed by atoms with Crippen molar-refractivity contribution in [2.45, 2.75) is 0 Å². The number of halogens is 1. The van der Waals surface area contributed by atoms with Gasteiger partial charge in [-0.25, -0.2) is 0 Å². The third-order valence-corrected chi connectivity index (χ3v) is 5.99. The van der Waals surface area contributed by atoms with Crippen molar-refractivity contribution in [3.05, 3.63) is 80.4 Å². The molecule has 2 heterocycles. The van der Waals surface area contributed by atoms with E-state index >= 15 is 0 Å². The van der Waals surface area contributed by atoms with Crippen LogP contribution in [0.4, 0.5) is 11.4 Å². The lowest BCUT2D eigenvalue weighted by atomic mass is 10.1. The first-order chi connectivity index (χ1) is 14.9. The van der Waals surface area contributed by atoms with Gasteiger partial charge in [-0.3, -0.25) is 19.8 Å². The normalized spacial score (nSPS) is 15.0. The Morgan fingerprint density at radius 3 is 2.61 bits per heavy atom. The van der Waals surface area contributed by atoms with Gasteiger partial charge in [-0.2, -0.15) is 0 Å². The van der Waals surface area contributed by atoms with Gasteiger partial charge in [0.15, 0.2) is 4.32 Å². The van der Waals surface area contributed by atoms with Crippen LogP contribution < -0.4 is 9.64 Å². The van der Waals surface area contributed by atoms with Crippen LogP contribution in [-0.2, 0) is 4.79 Å². The molecule has 0 unspecified atom stereocenters. The molecule has 0 N–H and O–H groups in total. The second kappa shape index (κ2) is 8.54. The summed E-state index contributed by atoms with van der Waals surface area (Å²) in [6.45, 7) is 0. The summed E-state index contributed by atoms with van der Waals surface area (Å²) in [5, 5.41) is 11.5. The van der Waals surface area contributed by atoms with Crippen LogP contribution in [0, 0.1) is 10.1 Å². The number of carbonyl (C=O) groups excluding carboxylic acids is 1. The Labute approximate surface area is 191 Å². The molecule has 31 heavy (non-hydrogen) atoms. The number of nitro benzene ring substituents is 1. The number of ether oxygens (including phenoxy) is 1. The topological polar surface area (TPSA) is 85.8 Å². The van der Waals surface area contributed by atoms with Crippen molar-refractivity contribution < 1.29 is 18.9 Å². The summed E-state index contributed by atoms with van der Waals surface area (Å²) in [5.41, 5.74) is 1.10. The van der Waals surface area contributed by atoms with Crippen LogP contribution >= 0.6 is 35.6 Å². The van der Waals surface area contributed by atoms with Crippen LogP contribution in [0.25, 0.3) is 17.4 Å². The van der Waals surface area contributed by atoms with E-state index in [0.717, 1.165) is 0 Å². The molecule has 0 bridgehead atoms. The predicted molar refractivity (Wildman–Crippen MR) is 124 cm³/mol. The molecular weight excluding hydrogens is 460 g/mol. The maximum Gasteiger partial charge on any atom is 0.273 e. The number of carbonyl (C=O) groups is 1. The molecular formula is C21H13ClN2O5S2. The second-order valence-corrected chi connectivity index (χ2v) is 8.45. The molecule has 0 atom stereocenters. The molecule has 0 spiro atoms. The highest BCUT2D eigenvalue weighted by Crippen LogP contribution is 2.38. The Morgan fingerprint density at radius 1 is 1.19 bits per heavy atom. The number of furan rings is 1. The van der Waals surface area contributed by atoms with E-state index in [1.807, 2.05) is 0 Å². The number of nitro groups is 1. The smallest absolute Gasteiger partial charge is 0.273 e. The van der Waals surface area contributed by atoms with E-state index in [4.69, 9.17) is 33.0 Å². The molecule has 0 aliphatic carbocycles. The maximum absolute atomic E-state index is 12.9. The second-order valence-electron chi connectivity index (χ2n) is 6.34. The van der Waals surface area contributed by atoms with E-state index in [0.29, 0.717) is 42.8 Å². The highest BCUT2D eigenvalue weighted by molar-refractivity contribution is 8.27. The zero-order valence-electron chi connectivity index (χ0n) is 15.9. The molecule has 7 nitrogen and oxygen atoms in total. The number of non-ortho nitro benzene ring substituents is 1. The number of amides is 1. The zero-order valence-corrected chi connectivity index (χ0v) is 18.3. The minimum Gasteiger partial charge on any atom is -0.496 e. The average Bonchev–Trinajstić information content (AvgIpc) is 3.32. The Morgan fingerprint density at radius 2 is 1.94 bits per heavy atom. The fourth-order valence-electron chi connectivity index (χ4n) is 2.98. The highest BCUT2D eigenvalue weighted by Gasteiger charge is 2.33. The lowest BCUT2D eigenvalue weighted by molar-refractivity contribution is -0.384. The van der Waals surface area contributed by atoms with Crippen LogP contribution in [0.5, 0.6) is 5.75 Å². The van der Waals surface area contributed by atoms with E-state index in [1.165, 1.54) is 35.9 Å². The molecule has 3 aromatic rings. The van der Waals surface area contributed by atoms with E-state index < -0.39 is 4.92 Å². The van der Waals surface area contributed by atoms with E-state index in [-0.39, 0.29) is 11.6 Å². The summed E-state index contributed by atoms with van der Waals surface area (Å²) in [5.74, 6) is 0.936. The number of hydrogen-bond acceptors (Lipinski definition) is 7. The van der Waals surface area contributed by atoms with Crippen molar-refractivity contribution in [1.82, 2.24) is 0 Å². The standard InChI is InChI=1S/C21H13ClN2O5S2/c1-28-18-10-14(24(26)27)6-8-16(18)17-9-7-15(29-17)11-19-20(25)23(21(30)31-19)13-4-2-12(22)3-5-13/h2-11H,1H3/b19-11-. The number of thioether (sulfide) groups is 1. The Bertz CT molecular complexity index is 1240. The Balaban J connectivity index is 1.62. The number of nitrogens with zero attached hydrogens (tertiary/aromatic N) is 2. The third-order valence-electron chi connectivity index (χ3n) is 4.44. The summed E-state index contributed by atoms with van der Waals surface area (Å²) in [4.78, 5) is 25.2. The van der Waals surface area contributed by atoms with Crippen LogP contribution in [0.1, 0.15) is 5.76 Å². The molecule has 4 rings (SSSR count). The first-order valence-corrected chi connectivity index (χ1v) is 10.4. The molecule has 1 fully saturated rings. The van der Waals surface area contributed by atoms with Crippen molar-refractivity contribution in [3.8, 4) is 17.1 Å². The highest BCUT2D eigenvalue weighted by atomic mass is 35.5. The van der Waals surface area contributed by atoms with E-state index in [1.54, 1.807) is 48.5 Å². The Kier molecular flexibility index (Phi) is 5.81. The van der Waals surface area contributed by atoms with Gasteiger partial charge in [0.25, 0.3) is 11.6 Å². The fourth-order valence-corrected chi connectivity index (χ4v) is 4.39. The molecule has 10 heteroatoms. The van der Waals surface area contributed by atoms with Crippen molar-refractivity contribution in [1.29, 1.82) is 0 Å². The van der Waals surface area contributed by atoms with Gasteiger partial charge in [0, 0.05) is 17.2 Å². The first kappa shape index (κ1) is 21.1. The fraction of sp³-hybridized carbons (Fsp3) is 0.0476. The summed E-state index contributed by atoms with van der Waals surface area (Å²) >= 11 is 12.5. The monoisotopic (exact) mass is 472 g/mol. The molecule has 1 aliphatic heterocycles. The van der Waals surface area contributed by atoms with E-state index in [2.05, 4.69) is 0 Å². The van der Waals surface area contributed by atoms with Gasteiger partial charge in [-0.1, -0.05) is 35.6 Å². The minimum absolute atomic E-state index is 0.0850. The summed E-state index contributed by atoms with van der Waals surface area (Å²) < 4.78 is 11.5. The van der Waals surface area contributed by atoms with Gasteiger partial charge < -0.3 is 9.15 Å². The molecule has 0 radical (unpaired) electrons. The molecule has 1 saturated heterocycles. The first-order valence-electron chi connectivity index (χ1n) is 8.83. The van der Waals surface area contributed by atoms with E-state index in [9.17, 15) is 14.9 Å². The van der Waals surface area contributed by atoms with Gasteiger partial charge in [0.1, 0.15) is 17.3 Å². The average molecular weight is 473 g/mol. The number of anilines is 1. The lowest BCUT2D eigenvalue weighted by Gasteiger charge is -2.14. The summed E-state index contributed by atoms with van der Waals surface area (Å²) in [7, 11) is 1.43. The molecule has 156 valence electrons. The molecule has 1 amide bonds. The van der Waals surface area contributed by atoms with Crippen LogP contribution in [0.3, 0.4) is 0 Å². The predicted octanol–water partition coefficient (Wildman–Crippen LogP) is 5.92. The van der Waals surface area contributed by atoms with Gasteiger partial charge in [-0.15, -0.1) is 0 Å². The van der Waals surface area contributed by atoms with Crippen LogP contribution in [0.2, 0.25) is 5.02 Å². The molecule has 1 aromatic heterocycles. The van der Waals surface area contributed by atoms with Gasteiger partial charge >= 0.3 is 0 Å². The van der Waals surface area contributed by atoms with Gasteiger partial charge in [-0.05, 0) is 42.5 Å². The number of rotatable bonds is 5. The minimum atomic E-state index is -0.497. The Hall–Kier alpha value is -3.14. The molecule has 1 aliphatic rings. The lowest BCUT2D eigenvalue weighted by Crippen LogP contribution is -2.27. The maximum atomic E-state index is 12.9. The number of benzene rings is 2. The van der Waals surface area contributed by atoms with Crippen molar-refractivity contribution in [2.24, 2.45) is 0 Å². The van der Waals surface area contributed by atoms with Crippen molar-refractivity contribution in [3.63, 3.8) is 0 Å². The van der Waals surface area contributed by atoms with Crippen LogP contribution in [0.15, 0.2) is 63.9 Å². The number of thiocarbonyl (C=S) groups is 1. The zero-order chi connectivity index (χ0) is 22.1. The van der Waals surface area contributed by atoms with Crippen molar-refractivity contribution in [2.75, 3.05) is 12.0 Å². The van der Waals surface area contributed by atoms with Gasteiger partial charge in [0.2, 0.25) is 0 Å². The molecule has 0 saturated carbocycles. The van der Waals surface area contributed by atoms with Gasteiger partial charge in [0.05, 0.1) is 34.3 Å². The number of methoxy groups -OCH3 is 1. The number of hydrogen-bond donors (Lipinski definition) is 0. The summed E-state index contributed by atoms with van der Waals surface area (Å²) in [6.07, 6.45) is 1.61.